The molecular formula is C10H10FN3O. The lowest BCUT2D eigenvalue weighted by atomic mass is 10.3. The molecule has 5 heteroatoms. The molecule has 4 nitrogen and oxygen atoms in total. The Morgan fingerprint density at radius 1 is 1.67 bits per heavy atom. The van der Waals surface area contributed by atoms with Crippen LogP contribution in [0, 0.1) is 17.1 Å². The highest BCUT2D eigenvalue weighted by molar-refractivity contribution is 5.92. The Kier molecular flexibility index (Phi) is 3.75. The summed E-state index contributed by atoms with van der Waals surface area (Å²) in [5.41, 5.74) is 0.147. The lowest BCUT2D eigenvalue weighted by Gasteiger charge is -2.16. The van der Waals surface area contributed by atoms with E-state index in [-0.39, 0.29) is 18.1 Å². The van der Waals surface area contributed by atoms with Crippen LogP contribution in [-0.4, -0.2) is 28.9 Å². The second-order valence-electron chi connectivity index (χ2n) is 2.84. The normalized spacial score (nSPS) is 9.40. The van der Waals surface area contributed by atoms with E-state index in [0.717, 1.165) is 6.20 Å². The van der Waals surface area contributed by atoms with Crippen molar-refractivity contribution in [1.29, 1.82) is 5.26 Å². The fraction of sp³-hybridized carbons (Fsp3) is 0.300. The zero-order valence-electron chi connectivity index (χ0n) is 8.27. The smallest absolute Gasteiger partial charge is 0.273 e. The molecule has 0 unspecified atom stereocenters. The van der Waals surface area contributed by atoms with Gasteiger partial charge in [-0.05, 0) is 19.1 Å². The SMILES string of the molecule is CCN(CC#N)C(=O)c1ccc(F)cn1. The number of rotatable bonds is 3. The molecule has 1 heterocycles. The van der Waals surface area contributed by atoms with Crippen LogP contribution in [0.1, 0.15) is 17.4 Å². The van der Waals surface area contributed by atoms with Crippen molar-refractivity contribution >= 4 is 5.91 Å². The average Bonchev–Trinajstić information content (AvgIpc) is 2.26. The average molecular weight is 207 g/mol. The molecular weight excluding hydrogens is 197 g/mol. The number of nitriles is 1. The first-order valence-electron chi connectivity index (χ1n) is 4.46. The Morgan fingerprint density at radius 2 is 2.40 bits per heavy atom. The van der Waals surface area contributed by atoms with Gasteiger partial charge >= 0.3 is 0 Å². The topological polar surface area (TPSA) is 57.0 Å². The number of amides is 1. The zero-order chi connectivity index (χ0) is 11.3. The van der Waals surface area contributed by atoms with Gasteiger partial charge in [0, 0.05) is 6.54 Å². The maximum Gasteiger partial charge on any atom is 0.273 e. The van der Waals surface area contributed by atoms with Gasteiger partial charge in [0.2, 0.25) is 0 Å². The molecule has 78 valence electrons. The number of halogens is 1. The third kappa shape index (κ3) is 2.74. The van der Waals surface area contributed by atoms with Crippen LogP contribution < -0.4 is 0 Å². The summed E-state index contributed by atoms with van der Waals surface area (Å²) in [6.45, 7) is 2.19. The molecule has 0 aliphatic carbocycles. The molecule has 0 aliphatic rings. The van der Waals surface area contributed by atoms with Crippen LogP contribution in [0.3, 0.4) is 0 Å². The highest BCUT2D eigenvalue weighted by Crippen LogP contribution is 2.02. The second kappa shape index (κ2) is 5.05. The molecule has 1 aromatic rings. The standard InChI is InChI=1S/C10H10FN3O/c1-2-14(6-5-12)10(15)9-4-3-8(11)7-13-9/h3-4,7H,2,6H2,1H3. The zero-order valence-corrected chi connectivity index (χ0v) is 8.27. The van der Waals surface area contributed by atoms with Crippen LogP contribution in [0.4, 0.5) is 4.39 Å². The van der Waals surface area contributed by atoms with Gasteiger partial charge in [0.15, 0.2) is 0 Å². The maximum absolute atomic E-state index is 12.5. The van der Waals surface area contributed by atoms with Gasteiger partial charge in [0.25, 0.3) is 5.91 Å². The highest BCUT2D eigenvalue weighted by Gasteiger charge is 2.14. The molecule has 0 N–H and O–H groups in total. The van der Waals surface area contributed by atoms with Crippen molar-refractivity contribution in [2.24, 2.45) is 0 Å². The van der Waals surface area contributed by atoms with E-state index in [9.17, 15) is 9.18 Å². The molecule has 0 bridgehead atoms. The van der Waals surface area contributed by atoms with Gasteiger partial charge in [-0.3, -0.25) is 4.79 Å². The number of aromatic nitrogens is 1. The van der Waals surface area contributed by atoms with E-state index < -0.39 is 5.82 Å². The summed E-state index contributed by atoms with van der Waals surface area (Å²) < 4.78 is 12.5. The predicted molar refractivity (Wildman–Crippen MR) is 51.4 cm³/mol. The van der Waals surface area contributed by atoms with Gasteiger partial charge in [-0.15, -0.1) is 0 Å². The molecule has 0 saturated carbocycles. The Morgan fingerprint density at radius 3 is 2.87 bits per heavy atom. The van der Waals surface area contributed by atoms with Crippen molar-refractivity contribution in [2.75, 3.05) is 13.1 Å². The number of carbonyl (C=O) groups is 1. The van der Waals surface area contributed by atoms with Gasteiger partial charge in [-0.1, -0.05) is 0 Å². The third-order valence-electron chi connectivity index (χ3n) is 1.88. The Balaban J connectivity index is 2.84. The largest absolute Gasteiger partial charge is 0.324 e. The van der Waals surface area contributed by atoms with Crippen LogP contribution in [0.15, 0.2) is 18.3 Å². The molecule has 1 rings (SSSR count). The Labute approximate surface area is 87.0 Å². The summed E-state index contributed by atoms with van der Waals surface area (Å²) in [5, 5.41) is 8.48. The molecule has 1 aromatic heterocycles. The second-order valence-corrected chi connectivity index (χ2v) is 2.84. The van der Waals surface area contributed by atoms with Crippen molar-refractivity contribution in [2.45, 2.75) is 6.92 Å². The van der Waals surface area contributed by atoms with Crippen LogP contribution in [0.5, 0.6) is 0 Å². The lowest BCUT2D eigenvalue weighted by molar-refractivity contribution is 0.0778. The van der Waals surface area contributed by atoms with Crippen molar-refractivity contribution < 1.29 is 9.18 Å². The Bertz CT molecular complexity index is 383. The van der Waals surface area contributed by atoms with Crippen LogP contribution in [-0.2, 0) is 0 Å². The minimum Gasteiger partial charge on any atom is -0.324 e. The first-order chi connectivity index (χ1) is 7.19. The number of carbonyl (C=O) groups excluding carboxylic acids is 1. The number of nitrogens with zero attached hydrogens (tertiary/aromatic N) is 3. The van der Waals surface area contributed by atoms with Crippen LogP contribution in [0.25, 0.3) is 0 Å². The molecule has 0 fully saturated rings. The van der Waals surface area contributed by atoms with Gasteiger partial charge < -0.3 is 4.90 Å². The summed E-state index contributed by atoms with van der Waals surface area (Å²) in [6.07, 6.45) is 0.980. The Hall–Kier alpha value is -1.96. The quantitative estimate of drug-likeness (QED) is 0.700. The summed E-state index contributed by atoms with van der Waals surface area (Å²) in [5.74, 6) is -0.853. The molecule has 0 atom stereocenters. The van der Waals surface area contributed by atoms with Gasteiger partial charge in [0.05, 0.1) is 12.3 Å². The van der Waals surface area contributed by atoms with E-state index in [4.69, 9.17) is 5.26 Å². The van der Waals surface area contributed by atoms with Gasteiger partial charge in [0.1, 0.15) is 18.1 Å². The van der Waals surface area contributed by atoms with Gasteiger partial charge in [-0.25, -0.2) is 9.37 Å². The molecule has 1 amide bonds. The van der Waals surface area contributed by atoms with E-state index >= 15 is 0 Å². The van der Waals surface area contributed by atoms with E-state index in [2.05, 4.69) is 4.98 Å². The van der Waals surface area contributed by atoms with E-state index in [1.165, 1.54) is 17.0 Å². The minimum absolute atomic E-state index is 0.00832. The van der Waals surface area contributed by atoms with E-state index in [1.54, 1.807) is 6.92 Å². The number of hydrogen-bond donors (Lipinski definition) is 0. The van der Waals surface area contributed by atoms with Crippen LogP contribution >= 0.6 is 0 Å². The van der Waals surface area contributed by atoms with E-state index in [0.29, 0.717) is 6.54 Å². The van der Waals surface area contributed by atoms with Crippen molar-refractivity contribution in [1.82, 2.24) is 9.88 Å². The maximum atomic E-state index is 12.5. The van der Waals surface area contributed by atoms with Crippen LogP contribution in [0.2, 0.25) is 0 Å². The highest BCUT2D eigenvalue weighted by atomic mass is 19.1. The molecule has 0 radical (unpaired) electrons. The molecule has 15 heavy (non-hydrogen) atoms. The molecule has 0 aromatic carbocycles. The van der Waals surface area contributed by atoms with Gasteiger partial charge in [-0.2, -0.15) is 5.26 Å². The molecule has 0 saturated heterocycles. The third-order valence-corrected chi connectivity index (χ3v) is 1.88. The fourth-order valence-corrected chi connectivity index (χ4v) is 1.08. The summed E-state index contributed by atoms with van der Waals surface area (Å²) in [6, 6.07) is 4.35. The summed E-state index contributed by atoms with van der Waals surface area (Å²) >= 11 is 0. The molecule has 0 aliphatic heterocycles. The fourth-order valence-electron chi connectivity index (χ4n) is 1.08. The van der Waals surface area contributed by atoms with E-state index in [1.807, 2.05) is 6.07 Å². The first-order valence-corrected chi connectivity index (χ1v) is 4.46. The lowest BCUT2D eigenvalue weighted by Crippen LogP contribution is -2.31. The van der Waals surface area contributed by atoms with Crippen molar-refractivity contribution in [3.63, 3.8) is 0 Å². The minimum atomic E-state index is -0.491. The summed E-state index contributed by atoms with van der Waals surface area (Å²) in [4.78, 5) is 16.7. The number of hydrogen-bond acceptors (Lipinski definition) is 3. The molecule has 0 spiro atoms. The number of pyridine rings is 1. The van der Waals surface area contributed by atoms with Crippen molar-refractivity contribution in [3.8, 4) is 6.07 Å². The monoisotopic (exact) mass is 207 g/mol. The predicted octanol–water partition coefficient (Wildman–Crippen LogP) is 1.21. The van der Waals surface area contributed by atoms with Crippen molar-refractivity contribution in [3.05, 3.63) is 29.8 Å². The first kappa shape index (κ1) is 11.1. The summed E-state index contributed by atoms with van der Waals surface area (Å²) in [7, 11) is 0.